The van der Waals surface area contributed by atoms with E-state index in [1.807, 2.05) is 42.5 Å². The molecule has 0 saturated heterocycles. The Labute approximate surface area is 162 Å². The summed E-state index contributed by atoms with van der Waals surface area (Å²) in [6.07, 6.45) is 7.38. The summed E-state index contributed by atoms with van der Waals surface area (Å²) >= 11 is 0. The fourth-order valence-corrected chi connectivity index (χ4v) is 3.10. The maximum atomic E-state index is 12.5. The van der Waals surface area contributed by atoms with Gasteiger partial charge in [-0.2, -0.15) is 0 Å². The smallest absolute Gasteiger partial charge is 0.251 e. The van der Waals surface area contributed by atoms with Crippen LogP contribution in [0.1, 0.15) is 62.2 Å². The number of benzene rings is 2. The average molecular weight is 367 g/mol. The molecule has 0 radical (unpaired) electrons. The lowest BCUT2D eigenvalue weighted by molar-refractivity contribution is -0.120. The zero-order valence-electron chi connectivity index (χ0n) is 16.1. The Morgan fingerprint density at radius 3 is 2.07 bits per heavy atom. The van der Waals surface area contributed by atoms with Gasteiger partial charge in [-0.15, -0.1) is 0 Å². The van der Waals surface area contributed by atoms with Crippen molar-refractivity contribution in [1.82, 2.24) is 5.32 Å². The Morgan fingerprint density at radius 1 is 0.852 bits per heavy atom. The van der Waals surface area contributed by atoms with Gasteiger partial charge in [0.05, 0.1) is 0 Å². The first-order valence-electron chi connectivity index (χ1n) is 9.87. The molecule has 0 aliphatic heterocycles. The standard InChI is InChI=1S/C23H30N2O2/c1-2-3-4-5-6-10-13-21(22(24)26)25-23(27)20-16-14-19(15-17-20)18-11-8-7-9-12-18/h7-9,11-12,14-17,21H,2-6,10,13H2,1H3,(H2,24,26)(H,25,27)/t21-/m1/s1. The van der Waals surface area contributed by atoms with Crippen molar-refractivity contribution in [3.8, 4) is 11.1 Å². The lowest BCUT2D eigenvalue weighted by Crippen LogP contribution is -2.44. The van der Waals surface area contributed by atoms with Crippen molar-refractivity contribution >= 4 is 11.8 Å². The fraction of sp³-hybridized carbons (Fsp3) is 0.391. The average Bonchev–Trinajstić information content (AvgIpc) is 2.70. The first kappa shape index (κ1) is 20.7. The molecule has 0 spiro atoms. The molecule has 0 aromatic heterocycles. The molecule has 0 fully saturated rings. The molecule has 0 saturated carbocycles. The lowest BCUT2D eigenvalue weighted by Gasteiger charge is -2.15. The van der Waals surface area contributed by atoms with E-state index >= 15 is 0 Å². The highest BCUT2D eigenvalue weighted by molar-refractivity contribution is 5.97. The SMILES string of the molecule is CCCCCCCC[C@@H](NC(=O)c1ccc(-c2ccccc2)cc1)C(N)=O. The molecule has 0 aliphatic rings. The van der Waals surface area contributed by atoms with Crippen LogP contribution in [0, 0.1) is 0 Å². The Morgan fingerprint density at radius 2 is 1.44 bits per heavy atom. The van der Waals surface area contributed by atoms with Crippen molar-refractivity contribution in [3.05, 3.63) is 60.2 Å². The predicted octanol–water partition coefficient (Wildman–Crippen LogP) is 4.69. The Bertz CT molecular complexity index is 711. The summed E-state index contributed by atoms with van der Waals surface area (Å²) in [6, 6.07) is 16.8. The van der Waals surface area contributed by atoms with E-state index < -0.39 is 11.9 Å². The summed E-state index contributed by atoms with van der Waals surface area (Å²) in [5.41, 5.74) is 8.15. The number of hydrogen-bond donors (Lipinski definition) is 2. The van der Waals surface area contributed by atoms with Crippen molar-refractivity contribution in [2.24, 2.45) is 5.73 Å². The van der Waals surface area contributed by atoms with Crippen LogP contribution in [0.5, 0.6) is 0 Å². The van der Waals surface area contributed by atoms with Crippen molar-refractivity contribution in [3.63, 3.8) is 0 Å². The van der Waals surface area contributed by atoms with Gasteiger partial charge < -0.3 is 11.1 Å². The molecule has 27 heavy (non-hydrogen) atoms. The monoisotopic (exact) mass is 366 g/mol. The van der Waals surface area contributed by atoms with Gasteiger partial charge in [-0.3, -0.25) is 9.59 Å². The van der Waals surface area contributed by atoms with Crippen LogP contribution in [0.15, 0.2) is 54.6 Å². The molecule has 2 rings (SSSR count). The summed E-state index contributed by atoms with van der Waals surface area (Å²) in [5, 5.41) is 2.78. The summed E-state index contributed by atoms with van der Waals surface area (Å²) in [5.74, 6) is -0.734. The molecule has 2 aromatic rings. The lowest BCUT2D eigenvalue weighted by atomic mass is 10.0. The minimum Gasteiger partial charge on any atom is -0.368 e. The summed E-state index contributed by atoms with van der Waals surface area (Å²) in [4.78, 5) is 24.1. The van der Waals surface area contributed by atoms with Crippen LogP contribution in [-0.2, 0) is 4.79 Å². The van der Waals surface area contributed by atoms with E-state index in [0.717, 1.165) is 30.4 Å². The second-order valence-electron chi connectivity index (χ2n) is 6.93. The van der Waals surface area contributed by atoms with Gasteiger partial charge in [-0.1, -0.05) is 87.9 Å². The molecule has 2 aromatic carbocycles. The molecule has 0 bridgehead atoms. The third-order valence-electron chi connectivity index (χ3n) is 4.75. The predicted molar refractivity (Wildman–Crippen MR) is 110 cm³/mol. The van der Waals surface area contributed by atoms with Gasteiger partial charge in [0.25, 0.3) is 5.91 Å². The van der Waals surface area contributed by atoms with Crippen LogP contribution in [0.25, 0.3) is 11.1 Å². The van der Waals surface area contributed by atoms with Crippen LogP contribution in [0.3, 0.4) is 0 Å². The van der Waals surface area contributed by atoms with Gasteiger partial charge in [-0.25, -0.2) is 0 Å². The number of primary amides is 1. The van der Waals surface area contributed by atoms with Crippen molar-refractivity contribution < 1.29 is 9.59 Å². The van der Waals surface area contributed by atoms with Crippen LogP contribution in [-0.4, -0.2) is 17.9 Å². The molecular formula is C23H30N2O2. The number of unbranched alkanes of at least 4 members (excludes halogenated alkanes) is 5. The maximum Gasteiger partial charge on any atom is 0.251 e. The van der Waals surface area contributed by atoms with Crippen molar-refractivity contribution in [1.29, 1.82) is 0 Å². The van der Waals surface area contributed by atoms with Crippen LogP contribution in [0.4, 0.5) is 0 Å². The third-order valence-corrected chi connectivity index (χ3v) is 4.75. The van der Waals surface area contributed by atoms with Crippen molar-refractivity contribution in [2.45, 2.75) is 57.9 Å². The van der Waals surface area contributed by atoms with E-state index in [1.54, 1.807) is 12.1 Å². The molecule has 4 nitrogen and oxygen atoms in total. The second-order valence-corrected chi connectivity index (χ2v) is 6.93. The Hall–Kier alpha value is -2.62. The number of rotatable bonds is 11. The van der Waals surface area contributed by atoms with E-state index in [4.69, 9.17) is 5.73 Å². The molecule has 1 atom stereocenters. The number of carbonyl (C=O) groups excluding carboxylic acids is 2. The van der Waals surface area contributed by atoms with E-state index in [0.29, 0.717) is 12.0 Å². The summed E-state index contributed by atoms with van der Waals surface area (Å²) in [7, 11) is 0. The van der Waals surface area contributed by atoms with Gasteiger partial charge >= 0.3 is 0 Å². The van der Waals surface area contributed by atoms with E-state index in [-0.39, 0.29) is 5.91 Å². The molecule has 3 N–H and O–H groups in total. The minimum atomic E-state index is -0.613. The highest BCUT2D eigenvalue weighted by atomic mass is 16.2. The van der Waals surface area contributed by atoms with Gasteiger partial charge in [-0.05, 0) is 29.7 Å². The molecule has 0 aliphatic carbocycles. The first-order chi connectivity index (χ1) is 13.1. The molecule has 2 amide bonds. The number of nitrogens with one attached hydrogen (secondary N) is 1. The number of nitrogens with two attached hydrogens (primary N) is 1. The van der Waals surface area contributed by atoms with Gasteiger partial charge in [0.1, 0.15) is 6.04 Å². The number of amides is 2. The van der Waals surface area contributed by atoms with E-state index in [9.17, 15) is 9.59 Å². The topological polar surface area (TPSA) is 72.2 Å². The summed E-state index contributed by atoms with van der Waals surface area (Å²) in [6.45, 7) is 2.19. The molecule has 0 heterocycles. The number of carbonyl (C=O) groups is 2. The maximum absolute atomic E-state index is 12.5. The van der Waals surface area contributed by atoms with Crippen LogP contribution in [0.2, 0.25) is 0 Å². The molecular weight excluding hydrogens is 336 g/mol. The minimum absolute atomic E-state index is 0.260. The Balaban J connectivity index is 1.88. The highest BCUT2D eigenvalue weighted by Gasteiger charge is 2.18. The van der Waals surface area contributed by atoms with E-state index in [2.05, 4.69) is 12.2 Å². The van der Waals surface area contributed by atoms with Gasteiger partial charge in [0.15, 0.2) is 0 Å². The Kier molecular flexibility index (Phi) is 8.56. The first-order valence-corrected chi connectivity index (χ1v) is 9.87. The zero-order valence-corrected chi connectivity index (χ0v) is 16.1. The molecule has 4 heteroatoms. The van der Waals surface area contributed by atoms with Crippen LogP contribution < -0.4 is 11.1 Å². The quantitative estimate of drug-likeness (QED) is 0.566. The second kappa shape index (κ2) is 11.2. The van der Waals surface area contributed by atoms with Gasteiger partial charge in [0.2, 0.25) is 5.91 Å². The molecule has 0 unspecified atom stereocenters. The zero-order chi connectivity index (χ0) is 19.5. The molecule has 144 valence electrons. The summed E-state index contributed by atoms with van der Waals surface area (Å²) < 4.78 is 0. The van der Waals surface area contributed by atoms with Crippen LogP contribution >= 0.6 is 0 Å². The highest BCUT2D eigenvalue weighted by Crippen LogP contribution is 2.19. The largest absolute Gasteiger partial charge is 0.368 e. The van der Waals surface area contributed by atoms with Gasteiger partial charge in [0, 0.05) is 5.56 Å². The fourth-order valence-electron chi connectivity index (χ4n) is 3.10. The number of hydrogen-bond acceptors (Lipinski definition) is 2. The van der Waals surface area contributed by atoms with Crippen molar-refractivity contribution in [2.75, 3.05) is 0 Å². The van der Waals surface area contributed by atoms with E-state index in [1.165, 1.54) is 19.3 Å². The third kappa shape index (κ3) is 6.89. The normalized spacial score (nSPS) is 11.7.